The van der Waals surface area contributed by atoms with Gasteiger partial charge in [0, 0.05) is 30.2 Å². The van der Waals surface area contributed by atoms with E-state index in [1.165, 1.54) is 24.0 Å². The van der Waals surface area contributed by atoms with Crippen molar-refractivity contribution in [1.82, 2.24) is 10.2 Å². The van der Waals surface area contributed by atoms with E-state index >= 15 is 0 Å². The number of aryl methyl sites for hydroxylation is 1. The molecular formula is C16H23ClN2O. The zero-order valence-electron chi connectivity index (χ0n) is 11.8. The molecule has 4 heteroatoms. The predicted octanol–water partition coefficient (Wildman–Crippen LogP) is 2.37. The maximum atomic E-state index is 9.38. The van der Waals surface area contributed by atoms with Crippen LogP contribution in [0.3, 0.4) is 0 Å². The molecule has 0 spiro atoms. The highest BCUT2D eigenvalue weighted by atomic mass is 35.5. The summed E-state index contributed by atoms with van der Waals surface area (Å²) in [6.07, 6.45) is 4.76. The van der Waals surface area contributed by atoms with Crippen LogP contribution in [0.5, 0.6) is 0 Å². The van der Waals surface area contributed by atoms with E-state index in [0.29, 0.717) is 12.1 Å². The van der Waals surface area contributed by atoms with Gasteiger partial charge in [-0.25, -0.2) is 0 Å². The molecule has 1 aromatic rings. The molecule has 3 nitrogen and oxygen atoms in total. The van der Waals surface area contributed by atoms with Gasteiger partial charge in [0.25, 0.3) is 0 Å². The molecular weight excluding hydrogens is 272 g/mol. The van der Waals surface area contributed by atoms with Gasteiger partial charge in [0.1, 0.15) is 0 Å². The summed E-state index contributed by atoms with van der Waals surface area (Å²) in [5.74, 6) is 0. The van der Waals surface area contributed by atoms with Crippen LogP contribution < -0.4 is 5.32 Å². The third-order valence-electron chi connectivity index (χ3n) is 4.60. The van der Waals surface area contributed by atoms with E-state index in [1.807, 2.05) is 6.07 Å². The maximum Gasteiger partial charge on any atom is 0.0558 e. The van der Waals surface area contributed by atoms with Crippen LogP contribution in [0.15, 0.2) is 18.2 Å². The number of halogens is 1. The molecule has 2 aliphatic rings. The highest BCUT2D eigenvalue weighted by Gasteiger charge is 2.29. The van der Waals surface area contributed by atoms with Gasteiger partial charge in [-0.1, -0.05) is 17.7 Å². The van der Waals surface area contributed by atoms with Crippen LogP contribution in [0.4, 0.5) is 0 Å². The van der Waals surface area contributed by atoms with Gasteiger partial charge >= 0.3 is 0 Å². The van der Waals surface area contributed by atoms with Crippen molar-refractivity contribution < 1.29 is 5.11 Å². The lowest BCUT2D eigenvalue weighted by molar-refractivity contribution is 0.139. The molecule has 1 fully saturated rings. The largest absolute Gasteiger partial charge is 0.395 e. The number of hydrogen-bond donors (Lipinski definition) is 2. The second kappa shape index (κ2) is 6.44. The van der Waals surface area contributed by atoms with E-state index in [0.717, 1.165) is 37.5 Å². The van der Waals surface area contributed by atoms with Gasteiger partial charge in [-0.3, -0.25) is 4.90 Å². The molecule has 0 aromatic heterocycles. The normalized spacial score (nSPS) is 25.4. The fourth-order valence-corrected chi connectivity index (χ4v) is 3.84. The number of nitrogens with zero attached hydrogens (tertiary/aromatic N) is 1. The Morgan fingerprint density at radius 1 is 1.35 bits per heavy atom. The minimum atomic E-state index is 0.228. The Morgan fingerprint density at radius 2 is 2.25 bits per heavy atom. The van der Waals surface area contributed by atoms with E-state index in [9.17, 15) is 5.11 Å². The number of aliphatic hydroxyl groups is 1. The predicted molar refractivity (Wildman–Crippen MR) is 82.2 cm³/mol. The van der Waals surface area contributed by atoms with Gasteiger partial charge in [-0.15, -0.1) is 0 Å². The summed E-state index contributed by atoms with van der Waals surface area (Å²) in [6.45, 7) is 3.15. The average Bonchev–Trinajstić information content (AvgIpc) is 3.06. The van der Waals surface area contributed by atoms with E-state index in [-0.39, 0.29) is 6.61 Å². The summed E-state index contributed by atoms with van der Waals surface area (Å²) in [6, 6.07) is 7.28. The van der Waals surface area contributed by atoms with Crippen LogP contribution in [0, 0.1) is 0 Å². The van der Waals surface area contributed by atoms with E-state index < -0.39 is 0 Å². The van der Waals surface area contributed by atoms with Gasteiger partial charge in [0.05, 0.1) is 6.61 Å². The third kappa shape index (κ3) is 3.01. The van der Waals surface area contributed by atoms with Gasteiger partial charge in [0.2, 0.25) is 0 Å². The number of nitrogens with one attached hydrogen (secondary N) is 1. The van der Waals surface area contributed by atoms with Gasteiger partial charge in [0.15, 0.2) is 0 Å². The summed E-state index contributed by atoms with van der Waals surface area (Å²) in [4.78, 5) is 2.45. The fourth-order valence-electron chi connectivity index (χ4n) is 3.64. The fraction of sp³-hybridized carbons (Fsp3) is 0.625. The van der Waals surface area contributed by atoms with Crippen molar-refractivity contribution >= 4 is 11.6 Å². The first-order valence-corrected chi connectivity index (χ1v) is 8.02. The van der Waals surface area contributed by atoms with Gasteiger partial charge in [-0.05, 0) is 55.5 Å². The van der Waals surface area contributed by atoms with Gasteiger partial charge in [-0.2, -0.15) is 0 Å². The van der Waals surface area contributed by atoms with Crippen molar-refractivity contribution in [3.8, 4) is 0 Å². The second-order valence-corrected chi connectivity index (χ2v) is 6.35. The topological polar surface area (TPSA) is 35.5 Å². The van der Waals surface area contributed by atoms with Crippen molar-refractivity contribution in [2.45, 2.75) is 37.8 Å². The van der Waals surface area contributed by atoms with E-state index in [2.05, 4.69) is 22.3 Å². The van der Waals surface area contributed by atoms with E-state index in [1.54, 1.807) is 0 Å². The molecule has 0 amide bonds. The van der Waals surface area contributed by atoms with Crippen LogP contribution in [0.25, 0.3) is 0 Å². The third-order valence-corrected chi connectivity index (χ3v) is 4.83. The summed E-state index contributed by atoms with van der Waals surface area (Å²) in [7, 11) is 0. The Morgan fingerprint density at radius 3 is 3.00 bits per heavy atom. The molecule has 1 aliphatic heterocycles. The lowest BCUT2D eigenvalue weighted by atomic mass is 10.1. The molecule has 1 aromatic carbocycles. The Kier molecular flexibility index (Phi) is 4.61. The quantitative estimate of drug-likeness (QED) is 0.875. The molecule has 0 radical (unpaired) electrons. The Hall–Kier alpha value is -0.610. The highest BCUT2D eigenvalue weighted by molar-refractivity contribution is 6.30. The second-order valence-electron chi connectivity index (χ2n) is 5.91. The van der Waals surface area contributed by atoms with Crippen LogP contribution in [0.1, 0.15) is 36.4 Å². The van der Waals surface area contributed by atoms with Crippen molar-refractivity contribution in [1.29, 1.82) is 0 Å². The minimum Gasteiger partial charge on any atom is -0.395 e. The molecule has 2 atom stereocenters. The van der Waals surface area contributed by atoms with Crippen molar-refractivity contribution in [3.63, 3.8) is 0 Å². The highest BCUT2D eigenvalue weighted by Crippen LogP contribution is 2.37. The van der Waals surface area contributed by atoms with Crippen LogP contribution in [-0.2, 0) is 6.42 Å². The Labute approximate surface area is 125 Å². The monoisotopic (exact) mass is 294 g/mol. The molecule has 1 saturated heterocycles. The summed E-state index contributed by atoms with van der Waals surface area (Å²) in [5.41, 5.74) is 2.78. The molecule has 2 N–H and O–H groups in total. The van der Waals surface area contributed by atoms with Gasteiger partial charge < -0.3 is 10.4 Å². The SMILES string of the molecule is OCCN(CC1CCCN1)C1CCc2cc(Cl)ccc21. The standard InChI is InChI=1S/C16H23ClN2O/c17-13-4-5-15-12(10-13)3-6-16(15)19(8-9-20)11-14-2-1-7-18-14/h4-5,10,14,16,18,20H,1-3,6-9,11H2. The Bertz CT molecular complexity index is 460. The molecule has 20 heavy (non-hydrogen) atoms. The number of rotatable bonds is 5. The first-order valence-electron chi connectivity index (χ1n) is 7.64. The summed E-state index contributed by atoms with van der Waals surface area (Å²) >= 11 is 6.09. The van der Waals surface area contributed by atoms with Crippen LogP contribution in [-0.4, -0.2) is 42.3 Å². The Balaban J connectivity index is 1.75. The lowest BCUT2D eigenvalue weighted by Gasteiger charge is -2.31. The molecule has 0 bridgehead atoms. The van der Waals surface area contributed by atoms with Crippen molar-refractivity contribution in [3.05, 3.63) is 34.3 Å². The first kappa shape index (κ1) is 14.3. The summed E-state index contributed by atoms with van der Waals surface area (Å²) < 4.78 is 0. The molecule has 2 unspecified atom stereocenters. The number of aliphatic hydroxyl groups excluding tert-OH is 1. The van der Waals surface area contributed by atoms with Crippen molar-refractivity contribution in [2.75, 3.05) is 26.2 Å². The van der Waals surface area contributed by atoms with Crippen LogP contribution >= 0.6 is 11.6 Å². The molecule has 3 rings (SSSR count). The number of hydrogen-bond acceptors (Lipinski definition) is 3. The maximum absolute atomic E-state index is 9.38. The minimum absolute atomic E-state index is 0.228. The average molecular weight is 295 g/mol. The zero-order valence-corrected chi connectivity index (χ0v) is 12.6. The first-order chi connectivity index (χ1) is 9.78. The van der Waals surface area contributed by atoms with Crippen molar-refractivity contribution in [2.24, 2.45) is 0 Å². The molecule has 1 heterocycles. The van der Waals surface area contributed by atoms with Crippen LogP contribution in [0.2, 0.25) is 5.02 Å². The number of fused-ring (bicyclic) bond motifs is 1. The molecule has 110 valence electrons. The zero-order chi connectivity index (χ0) is 13.9. The van der Waals surface area contributed by atoms with E-state index in [4.69, 9.17) is 11.6 Å². The lowest BCUT2D eigenvalue weighted by Crippen LogP contribution is -2.40. The number of benzene rings is 1. The smallest absolute Gasteiger partial charge is 0.0558 e. The molecule has 1 aliphatic carbocycles. The summed E-state index contributed by atoms with van der Waals surface area (Å²) in [5, 5.41) is 13.8. The molecule has 0 saturated carbocycles.